The van der Waals surface area contributed by atoms with E-state index in [-0.39, 0.29) is 18.2 Å². The molecular formula is C30H35BrN2O2. The van der Waals surface area contributed by atoms with Crippen LogP contribution in [-0.4, -0.2) is 29.3 Å². The first-order valence-electron chi connectivity index (χ1n) is 12.1. The monoisotopic (exact) mass is 534 g/mol. The average Bonchev–Trinajstić information content (AvgIpc) is 2.82. The minimum Gasteiger partial charge on any atom is -0.354 e. The molecule has 1 unspecified atom stereocenters. The van der Waals surface area contributed by atoms with Crippen LogP contribution in [0.2, 0.25) is 0 Å². The molecule has 0 fully saturated rings. The predicted molar refractivity (Wildman–Crippen MR) is 146 cm³/mol. The molecule has 0 radical (unpaired) electrons. The third kappa shape index (κ3) is 8.07. The van der Waals surface area contributed by atoms with Gasteiger partial charge in [-0.2, -0.15) is 0 Å². The van der Waals surface area contributed by atoms with Gasteiger partial charge in [-0.1, -0.05) is 96.0 Å². The molecule has 0 spiro atoms. The smallest absolute Gasteiger partial charge is 0.243 e. The summed E-state index contributed by atoms with van der Waals surface area (Å²) in [6.45, 7) is 9.12. The number of benzene rings is 3. The Kier molecular flexibility index (Phi) is 9.67. The predicted octanol–water partition coefficient (Wildman–Crippen LogP) is 6.02. The molecule has 3 rings (SSSR count). The summed E-state index contributed by atoms with van der Waals surface area (Å²) in [5.74, 6) is 0.145. The quantitative estimate of drug-likeness (QED) is 0.345. The van der Waals surface area contributed by atoms with E-state index < -0.39 is 6.04 Å². The van der Waals surface area contributed by atoms with E-state index in [4.69, 9.17) is 0 Å². The number of rotatable bonds is 10. The van der Waals surface area contributed by atoms with Gasteiger partial charge in [0, 0.05) is 24.0 Å². The number of halogens is 1. The van der Waals surface area contributed by atoms with Crippen LogP contribution < -0.4 is 5.32 Å². The van der Waals surface area contributed by atoms with E-state index >= 15 is 0 Å². The topological polar surface area (TPSA) is 49.4 Å². The summed E-state index contributed by atoms with van der Waals surface area (Å²) in [4.78, 5) is 29.1. The number of hydrogen-bond acceptors (Lipinski definition) is 2. The van der Waals surface area contributed by atoms with Crippen molar-refractivity contribution in [3.63, 3.8) is 0 Å². The zero-order valence-electron chi connectivity index (χ0n) is 21.1. The van der Waals surface area contributed by atoms with Crippen molar-refractivity contribution >= 4 is 27.7 Å². The number of carbonyl (C=O) groups excluding carboxylic acids is 2. The second kappa shape index (κ2) is 12.7. The second-order valence-corrected chi connectivity index (χ2v) is 10.5. The van der Waals surface area contributed by atoms with Crippen molar-refractivity contribution in [2.45, 2.75) is 53.1 Å². The SMILES string of the molecule is Cc1ccc(C)c(CC(=O)N(Cc2cccc(Br)c2)C(Cc2ccccc2)C(=O)NCC(C)C)c1. The maximum absolute atomic E-state index is 13.9. The largest absolute Gasteiger partial charge is 0.354 e. The zero-order chi connectivity index (χ0) is 25.4. The molecule has 0 bridgehead atoms. The van der Waals surface area contributed by atoms with Gasteiger partial charge in [0.15, 0.2) is 0 Å². The summed E-state index contributed by atoms with van der Waals surface area (Å²) in [5.41, 5.74) is 5.19. The molecule has 2 amide bonds. The third-order valence-corrected chi connectivity index (χ3v) is 6.54. The number of carbonyl (C=O) groups is 2. The highest BCUT2D eigenvalue weighted by molar-refractivity contribution is 9.10. The molecule has 0 aliphatic heterocycles. The number of amides is 2. The summed E-state index contributed by atoms with van der Waals surface area (Å²) in [5, 5.41) is 3.08. The van der Waals surface area contributed by atoms with Gasteiger partial charge in [0.25, 0.3) is 0 Å². The first-order valence-corrected chi connectivity index (χ1v) is 12.9. The Hall–Kier alpha value is -2.92. The van der Waals surface area contributed by atoms with E-state index in [0.717, 1.165) is 32.3 Å². The normalized spacial score (nSPS) is 11.8. The summed E-state index contributed by atoms with van der Waals surface area (Å²) in [6.07, 6.45) is 0.710. The van der Waals surface area contributed by atoms with Crippen LogP contribution >= 0.6 is 15.9 Å². The Morgan fingerprint density at radius 2 is 1.63 bits per heavy atom. The Balaban J connectivity index is 1.98. The van der Waals surface area contributed by atoms with Gasteiger partial charge in [-0.25, -0.2) is 0 Å². The Morgan fingerprint density at radius 1 is 0.914 bits per heavy atom. The van der Waals surface area contributed by atoms with Crippen molar-refractivity contribution in [1.29, 1.82) is 0 Å². The van der Waals surface area contributed by atoms with Gasteiger partial charge in [-0.15, -0.1) is 0 Å². The van der Waals surface area contributed by atoms with Gasteiger partial charge in [0.2, 0.25) is 11.8 Å². The maximum atomic E-state index is 13.9. The highest BCUT2D eigenvalue weighted by Gasteiger charge is 2.30. The van der Waals surface area contributed by atoms with Crippen molar-refractivity contribution in [1.82, 2.24) is 10.2 Å². The Morgan fingerprint density at radius 3 is 2.31 bits per heavy atom. The molecule has 0 saturated carbocycles. The molecule has 0 aliphatic carbocycles. The maximum Gasteiger partial charge on any atom is 0.243 e. The first-order chi connectivity index (χ1) is 16.7. The van der Waals surface area contributed by atoms with E-state index in [1.807, 2.05) is 74.5 Å². The van der Waals surface area contributed by atoms with Crippen LogP contribution in [0.5, 0.6) is 0 Å². The first kappa shape index (κ1) is 26.7. The molecule has 184 valence electrons. The fraction of sp³-hybridized carbons (Fsp3) is 0.333. The molecule has 0 heterocycles. The van der Waals surface area contributed by atoms with Crippen LogP contribution in [-0.2, 0) is 29.0 Å². The van der Waals surface area contributed by atoms with Gasteiger partial charge in [0.1, 0.15) is 6.04 Å². The van der Waals surface area contributed by atoms with E-state index in [2.05, 4.69) is 47.2 Å². The van der Waals surface area contributed by atoms with Gasteiger partial charge < -0.3 is 10.2 Å². The molecule has 0 saturated heterocycles. The number of aryl methyl sites for hydroxylation is 2. The fourth-order valence-electron chi connectivity index (χ4n) is 4.06. The lowest BCUT2D eigenvalue weighted by Gasteiger charge is -2.32. The van der Waals surface area contributed by atoms with Gasteiger partial charge in [0.05, 0.1) is 6.42 Å². The molecule has 3 aromatic rings. The molecule has 5 heteroatoms. The second-order valence-electron chi connectivity index (χ2n) is 9.60. The van der Waals surface area contributed by atoms with Crippen LogP contribution in [0.15, 0.2) is 77.3 Å². The average molecular weight is 536 g/mol. The minimum atomic E-state index is -0.618. The fourth-order valence-corrected chi connectivity index (χ4v) is 4.51. The summed E-state index contributed by atoms with van der Waals surface area (Å²) in [6, 6.07) is 23.4. The van der Waals surface area contributed by atoms with Crippen LogP contribution in [0.4, 0.5) is 0 Å². The van der Waals surface area contributed by atoms with Crippen LogP contribution in [0.25, 0.3) is 0 Å². The Labute approximate surface area is 217 Å². The van der Waals surface area contributed by atoms with Crippen molar-refractivity contribution < 1.29 is 9.59 Å². The van der Waals surface area contributed by atoms with Gasteiger partial charge in [-0.05, 0) is 54.2 Å². The lowest BCUT2D eigenvalue weighted by atomic mass is 9.99. The highest BCUT2D eigenvalue weighted by Crippen LogP contribution is 2.20. The van der Waals surface area contributed by atoms with Crippen molar-refractivity contribution in [2.24, 2.45) is 5.92 Å². The molecule has 3 aromatic carbocycles. The summed E-state index contributed by atoms with van der Waals surface area (Å²) in [7, 11) is 0. The molecule has 4 nitrogen and oxygen atoms in total. The molecular weight excluding hydrogens is 500 g/mol. The zero-order valence-corrected chi connectivity index (χ0v) is 22.6. The highest BCUT2D eigenvalue weighted by atomic mass is 79.9. The van der Waals surface area contributed by atoms with Gasteiger partial charge >= 0.3 is 0 Å². The van der Waals surface area contributed by atoms with E-state index in [1.54, 1.807) is 4.90 Å². The van der Waals surface area contributed by atoms with Crippen molar-refractivity contribution in [2.75, 3.05) is 6.54 Å². The molecule has 1 N–H and O–H groups in total. The van der Waals surface area contributed by atoms with Crippen molar-refractivity contribution in [3.8, 4) is 0 Å². The number of hydrogen-bond donors (Lipinski definition) is 1. The summed E-state index contributed by atoms with van der Waals surface area (Å²) >= 11 is 3.54. The van der Waals surface area contributed by atoms with Crippen LogP contribution in [0.3, 0.4) is 0 Å². The van der Waals surface area contributed by atoms with Crippen molar-refractivity contribution in [3.05, 3.63) is 105 Å². The number of nitrogens with one attached hydrogen (secondary N) is 1. The van der Waals surface area contributed by atoms with E-state index in [9.17, 15) is 9.59 Å². The molecule has 1 atom stereocenters. The lowest BCUT2D eigenvalue weighted by Crippen LogP contribution is -2.51. The molecule has 35 heavy (non-hydrogen) atoms. The van der Waals surface area contributed by atoms with Crippen LogP contribution in [0, 0.1) is 19.8 Å². The van der Waals surface area contributed by atoms with E-state index in [1.165, 1.54) is 0 Å². The van der Waals surface area contributed by atoms with E-state index in [0.29, 0.717) is 25.4 Å². The molecule has 0 aliphatic rings. The minimum absolute atomic E-state index is 0.0562. The standard InChI is InChI=1S/C30H35BrN2O2/c1-21(2)19-32-30(35)28(17-24-9-6-5-7-10-24)33(20-25-11-8-12-27(31)16-25)29(34)18-26-15-22(3)13-14-23(26)4/h5-16,21,28H,17-20H2,1-4H3,(H,32,35). The summed E-state index contributed by atoms with van der Waals surface area (Å²) < 4.78 is 0.945. The van der Waals surface area contributed by atoms with Gasteiger partial charge in [-0.3, -0.25) is 9.59 Å². The Bertz CT molecular complexity index is 1140. The molecule has 0 aromatic heterocycles. The number of nitrogens with zero attached hydrogens (tertiary/aromatic N) is 1. The third-order valence-electron chi connectivity index (χ3n) is 6.04. The lowest BCUT2D eigenvalue weighted by molar-refractivity contribution is -0.140. The van der Waals surface area contributed by atoms with Crippen LogP contribution in [0.1, 0.15) is 41.7 Å².